The highest BCUT2D eigenvalue weighted by atomic mass is 127. The zero-order chi connectivity index (χ0) is 15.4. The maximum absolute atomic E-state index is 10.5. The molecule has 2 rings (SSSR count). The molecule has 0 atom stereocenters. The van der Waals surface area contributed by atoms with Crippen LogP contribution in [-0.4, -0.2) is 21.2 Å². The van der Waals surface area contributed by atoms with Gasteiger partial charge in [0.25, 0.3) is 5.69 Å². The van der Waals surface area contributed by atoms with Gasteiger partial charge in [-0.05, 0) is 68.9 Å². The minimum atomic E-state index is -0.514. The van der Waals surface area contributed by atoms with Crippen LogP contribution in [0.15, 0.2) is 35.6 Å². The molecule has 0 radical (unpaired) electrons. The summed E-state index contributed by atoms with van der Waals surface area (Å²) in [6, 6.07) is 6.39. The standard InChI is InChI=1S/C12H8I2N4O3/c13-9-3-7(4-10(14)12(9)19)5-16-17-11-2-1-8(6-15-11)18(20)21/h1-6,19H,(H,15,17)/b16-5+. The lowest BCUT2D eigenvalue weighted by Crippen LogP contribution is -1.95. The molecular weight excluding hydrogens is 502 g/mol. The van der Waals surface area contributed by atoms with Crippen molar-refractivity contribution < 1.29 is 10.0 Å². The van der Waals surface area contributed by atoms with E-state index >= 15 is 0 Å². The Morgan fingerprint density at radius 1 is 1.33 bits per heavy atom. The van der Waals surface area contributed by atoms with Crippen LogP contribution in [0.25, 0.3) is 0 Å². The Morgan fingerprint density at radius 2 is 2.00 bits per heavy atom. The van der Waals surface area contributed by atoms with Crippen LogP contribution >= 0.6 is 45.2 Å². The number of nitrogens with zero attached hydrogens (tertiary/aromatic N) is 3. The van der Waals surface area contributed by atoms with E-state index in [2.05, 4.69) is 15.5 Å². The van der Waals surface area contributed by atoms with Crippen LogP contribution in [0.3, 0.4) is 0 Å². The molecule has 108 valence electrons. The number of pyridine rings is 1. The second kappa shape index (κ2) is 6.98. The fourth-order valence-corrected chi connectivity index (χ4v) is 3.21. The average Bonchev–Trinajstić information content (AvgIpc) is 2.45. The Bertz CT molecular complexity index is 681. The maximum atomic E-state index is 10.5. The zero-order valence-corrected chi connectivity index (χ0v) is 14.6. The fourth-order valence-electron chi connectivity index (χ4n) is 1.39. The van der Waals surface area contributed by atoms with Crippen molar-refractivity contribution in [3.8, 4) is 5.75 Å². The van der Waals surface area contributed by atoms with Crippen LogP contribution in [0.2, 0.25) is 0 Å². The molecule has 7 nitrogen and oxygen atoms in total. The minimum absolute atomic E-state index is 0.0767. The van der Waals surface area contributed by atoms with Gasteiger partial charge < -0.3 is 5.11 Å². The molecule has 1 heterocycles. The van der Waals surface area contributed by atoms with Gasteiger partial charge in [-0.2, -0.15) is 5.10 Å². The smallest absolute Gasteiger partial charge is 0.287 e. The van der Waals surface area contributed by atoms with E-state index in [1.165, 1.54) is 12.1 Å². The molecule has 2 N–H and O–H groups in total. The molecule has 0 bridgehead atoms. The van der Waals surface area contributed by atoms with Gasteiger partial charge in [0.05, 0.1) is 18.3 Å². The average molecular weight is 510 g/mol. The minimum Gasteiger partial charge on any atom is -0.506 e. The number of nitrogens with one attached hydrogen (secondary N) is 1. The number of rotatable bonds is 4. The molecule has 0 spiro atoms. The number of hydrazone groups is 1. The summed E-state index contributed by atoms with van der Waals surface area (Å²) in [6.07, 6.45) is 2.73. The van der Waals surface area contributed by atoms with Crippen molar-refractivity contribution in [2.45, 2.75) is 0 Å². The topological polar surface area (TPSA) is 101 Å². The summed E-state index contributed by atoms with van der Waals surface area (Å²) in [5.41, 5.74) is 3.42. The first-order valence-electron chi connectivity index (χ1n) is 5.55. The molecule has 21 heavy (non-hydrogen) atoms. The van der Waals surface area contributed by atoms with Crippen LogP contribution < -0.4 is 5.43 Å². The van der Waals surface area contributed by atoms with Gasteiger partial charge >= 0.3 is 0 Å². The van der Waals surface area contributed by atoms with Crippen LogP contribution in [0.1, 0.15) is 5.56 Å². The van der Waals surface area contributed by atoms with E-state index in [0.717, 1.165) is 18.9 Å². The van der Waals surface area contributed by atoms with Crippen molar-refractivity contribution in [1.29, 1.82) is 0 Å². The molecule has 1 aromatic heterocycles. The van der Waals surface area contributed by atoms with Crippen molar-refractivity contribution in [2.24, 2.45) is 5.10 Å². The van der Waals surface area contributed by atoms with E-state index in [9.17, 15) is 15.2 Å². The second-order valence-electron chi connectivity index (χ2n) is 3.86. The first kappa shape index (κ1) is 15.9. The van der Waals surface area contributed by atoms with Crippen molar-refractivity contribution in [3.05, 3.63) is 53.3 Å². The molecule has 9 heteroatoms. The molecule has 0 aliphatic heterocycles. The van der Waals surface area contributed by atoms with E-state index in [1.54, 1.807) is 18.3 Å². The summed E-state index contributed by atoms with van der Waals surface area (Å²) in [4.78, 5) is 13.9. The summed E-state index contributed by atoms with van der Waals surface area (Å²) in [7, 11) is 0. The highest BCUT2D eigenvalue weighted by Gasteiger charge is 2.05. The van der Waals surface area contributed by atoms with E-state index in [4.69, 9.17) is 0 Å². The highest BCUT2D eigenvalue weighted by Crippen LogP contribution is 2.26. The molecule has 0 saturated carbocycles. The number of hydrogen-bond acceptors (Lipinski definition) is 6. The van der Waals surface area contributed by atoms with Gasteiger partial charge in [-0.15, -0.1) is 0 Å². The molecule has 0 unspecified atom stereocenters. The quantitative estimate of drug-likeness (QED) is 0.285. The number of phenols is 1. The fraction of sp³-hybridized carbons (Fsp3) is 0. The summed E-state index contributed by atoms with van der Waals surface area (Å²) < 4.78 is 1.46. The predicted octanol–water partition coefficient (Wildman–Crippen LogP) is 3.35. The van der Waals surface area contributed by atoms with Gasteiger partial charge in [0, 0.05) is 6.07 Å². The number of nitro groups is 1. The Labute approximate surface area is 146 Å². The molecule has 2 aromatic rings. The number of aromatic nitrogens is 1. The Hall–Kier alpha value is -1.50. The van der Waals surface area contributed by atoms with Crippen LogP contribution in [0.4, 0.5) is 11.5 Å². The number of anilines is 1. The van der Waals surface area contributed by atoms with Crippen LogP contribution in [0.5, 0.6) is 5.75 Å². The van der Waals surface area contributed by atoms with Gasteiger partial charge in [-0.25, -0.2) is 4.98 Å². The van der Waals surface area contributed by atoms with Crippen molar-refractivity contribution in [1.82, 2.24) is 4.98 Å². The Morgan fingerprint density at radius 3 is 2.52 bits per heavy atom. The highest BCUT2D eigenvalue weighted by molar-refractivity contribution is 14.1. The normalized spacial score (nSPS) is 10.8. The van der Waals surface area contributed by atoms with Gasteiger partial charge in [-0.1, -0.05) is 0 Å². The van der Waals surface area contributed by atoms with E-state index < -0.39 is 4.92 Å². The zero-order valence-electron chi connectivity index (χ0n) is 10.3. The molecular formula is C12H8I2N4O3. The van der Waals surface area contributed by atoms with Gasteiger partial charge in [0.15, 0.2) is 0 Å². The lowest BCUT2D eigenvalue weighted by atomic mass is 10.2. The van der Waals surface area contributed by atoms with E-state index in [-0.39, 0.29) is 11.4 Å². The van der Waals surface area contributed by atoms with Gasteiger partial charge in [-0.3, -0.25) is 15.5 Å². The summed E-state index contributed by atoms with van der Waals surface area (Å²) in [6.45, 7) is 0. The third-order valence-electron chi connectivity index (χ3n) is 2.39. The Kier molecular flexibility index (Phi) is 5.27. The lowest BCUT2D eigenvalue weighted by Gasteiger charge is -2.02. The van der Waals surface area contributed by atoms with Crippen molar-refractivity contribution >= 4 is 62.9 Å². The first-order chi connectivity index (χ1) is 9.97. The van der Waals surface area contributed by atoms with Crippen LogP contribution in [-0.2, 0) is 0 Å². The van der Waals surface area contributed by atoms with Gasteiger partial charge in [0.2, 0.25) is 0 Å². The largest absolute Gasteiger partial charge is 0.506 e. The molecule has 0 saturated heterocycles. The molecule has 0 amide bonds. The monoisotopic (exact) mass is 510 g/mol. The SMILES string of the molecule is O=[N+]([O-])c1ccc(N/N=C/c2cc(I)c(O)c(I)c2)nc1. The van der Waals surface area contributed by atoms with Crippen LogP contribution in [0, 0.1) is 17.3 Å². The first-order valence-corrected chi connectivity index (χ1v) is 7.70. The Balaban J connectivity index is 2.07. The number of aromatic hydroxyl groups is 1. The molecule has 0 aliphatic carbocycles. The third-order valence-corrected chi connectivity index (χ3v) is 4.04. The number of halogens is 2. The van der Waals surface area contributed by atoms with Gasteiger partial charge in [0.1, 0.15) is 17.8 Å². The summed E-state index contributed by atoms with van der Waals surface area (Å²) in [5, 5.41) is 24.2. The molecule has 1 aromatic carbocycles. The number of phenolic OH excluding ortho intramolecular Hbond substituents is 1. The lowest BCUT2D eigenvalue weighted by molar-refractivity contribution is -0.385. The third kappa shape index (κ3) is 4.23. The molecule has 0 aliphatic rings. The maximum Gasteiger partial charge on any atom is 0.287 e. The predicted molar refractivity (Wildman–Crippen MR) is 95.6 cm³/mol. The summed E-state index contributed by atoms with van der Waals surface area (Å²) in [5.74, 6) is 0.651. The molecule has 0 fully saturated rings. The second-order valence-corrected chi connectivity index (χ2v) is 6.19. The van der Waals surface area contributed by atoms with E-state index in [1.807, 2.05) is 45.2 Å². The number of hydrogen-bond donors (Lipinski definition) is 2. The summed E-state index contributed by atoms with van der Waals surface area (Å²) >= 11 is 4.07. The number of benzene rings is 1. The van der Waals surface area contributed by atoms with E-state index in [0.29, 0.717) is 5.82 Å². The van der Waals surface area contributed by atoms with Crippen molar-refractivity contribution in [2.75, 3.05) is 5.43 Å². The van der Waals surface area contributed by atoms with Crippen molar-refractivity contribution in [3.63, 3.8) is 0 Å².